The molecule has 0 radical (unpaired) electrons. The Labute approximate surface area is 127 Å². The SMILES string of the molecule is CC1CC(C)C(C)N(C(=O)COc2ccccc2CN)C1. The Bertz CT molecular complexity index is 489. The molecule has 4 nitrogen and oxygen atoms in total. The van der Waals surface area contributed by atoms with Gasteiger partial charge in [-0.3, -0.25) is 4.79 Å². The van der Waals surface area contributed by atoms with Crippen LogP contribution < -0.4 is 10.5 Å². The van der Waals surface area contributed by atoms with E-state index in [0.717, 1.165) is 12.1 Å². The number of rotatable bonds is 4. The van der Waals surface area contributed by atoms with Gasteiger partial charge in [0.2, 0.25) is 0 Å². The highest BCUT2D eigenvalue weighted by atomic mass is 16.5. The smallest absolute Gasteiger partial charge is 0.260 e. The zero-order valence-electron chi connectivity index (χ0n) is 13.2. The van der Waals surface area contributed by atoms with Crippen molar-refractivity contribution in [3.8, 4) is 5.75 Å². The van der Waals surface area contributed by atoms with Crippen molar-refractivity contribution in [2.75, 3.05) is 13.2 Å². The van der Waals surface area contributed by atoms with Crippen LogP contribution in [0.2, 0.25) is 0 Å². The normalized spacial score (nSPS) is 25.7. The lowest BCUT2D eigenvalue weighted by molar-refractivity contribution is -0.139. The number of benzene rings is 1. The summed E-state index contributed by atoms with van der Waals surface area (Å²) in [4.78, 5) is 14.4. The zero-order chi connectivity index (χ0) is 15.4. The van der Waals surface area contributed by atoms with Crippen molar-refractivity contribution >= 4 is 5.91 Å². The summed E-state index contributed by atoms with van der Waals surface area (Å²) in [6.07, 6.45) is 1.18. The van der Waals surface area contributed by atoms with E-state index in [1.165, 1.54) is 6.42 Å². The minimum absolute atomic E-state index is 0.0627. The van der Waals surface area contributed by atoms with E-state index in [2.05, 4.69) is 20.8 Å². The van der Waals surface area contributed by atoms with Gasteiger partial charge in [0.15, 0.2) is 6.61 Å². The van der Waals surface area contributed by atoms with Gasteiger partial charge < -0.3 is 15.4 Å². The summed E-state index contributed by atoms with van der Waals surface area (Å²) in [6, 6.07) is 7.88. The second-order valence-corrected chi connectivity index (χ2v) is 6.21. The maximum Gasteiger partial charge on any atom is 0.260 e. The number of carbonyl (C=O) groups is 1. The van der Waals surface area contributed by atoms with Crippen LogP contribution in [0.15, 0.2) is 24.3 Å². The Hall–Kier alpha value is -1.55. The standard InChI is InChI=1S/C17H26N2O2/c1-12-8-13(2)14(3)19(10-12)17(20)11-21-16-7-5-4-6-15(16)9-18/h4-7,12-14H,8-11,18H2,1-3H3. The molecule has 0 aromatic heterocycles. The van der Waals surface area contributed by atoms with E-state index in [9.17, 15) is 4.79 Å². The van der Waals surface area contributed by atoms with E-state index >= 15 is 0 Å². The summed E-state index contributed by atoms with van der Waals surface area (Å²) in [5.41, 5.74) is 6.61. The van der Waals surface area contributed by atoms with Gasteiger partial charge in [-0.25, -0.2) is 0 Å². The number of piperidine rings is 1. The summed E-state index contributed by atoms with van der Waals surface area (Å²) in [5, 5.41) is 0. The molecule has 4 heteroatoms. The summed E-state index contributed by atoms with van der Waals surface area (Å²) in [6.45, 7) is 7.87. The molecule has 1 aliphatic rings. The van der Waals surface area contributed by atoms with Crippen molar-refractivity contribution in [1.82, 2.24) is 4.90 Å². The average molecular weight is 290 g/mol. The number of hydrogen-bond acceptors (Lipinski definition) is 3. The lowest BCUT2D eigenvalue weighted by Gasteiger charge is -2.41. The maximum absolute atomic E-state index is 12.4. The lowest BCUT2D eigenvalue weighted by atomic mass is 9.86. The van der Waals surface area contributed by atoms with E-state index in [1.54, 1.807) is 0 Å². The maximum atomic E-state index is 12.4. The summed E-state index contributed by atoms with van der Waals surface area (Å²) >= 11 is 0. The first-order chi connectivity index (χ1) is 10.0. The topological polar surface area (TPSA) is 55.6 Å². The number of para-hydroxylation sites is 1. The number of nitrogens with zero attached hydrogens (tertiary/aromatic N) is 1. The van der Waals surface area contributed by atoms with Crippen LogP contribution in [-0.4, -0.2) is 30.0 Å². The van der Waals surface area contributed by atoms with E-state index in [0.29, 0.717) is 24.1 Å². The Morgan fingerprint density at radius 1 is 1.33 bits per heavy atom. The number of amides is 1. The first-order valence-corrected chi connectivity index (χ1v) is 7.73. The van der Waals surface area contributed by atoms with Gasteiger partial charge >= 0.3 is 0 Å². The number of nitrogens with two attached hydrogens (primary N) is 1. The van der Waals surface area contributed by atoms with Crippen molar-refractivity contribution in [3.63, 3.8) is 0 Å². The Kier molecular flexibility index (Phi) is 5.23. The molecule has 2 rings (SSSR count). The molecule has 0 bridgehead atoms. The predicted octanol–water partition coefficient (Wildman–Crippen LogP) is 2.42. The molecular formula is C17H26N2O2. The molecule has 21 heavy (non-hydrogen) atoms. The van der Waals surface area contributed by atoms with Crippen LogP contribution >= 0.6 is 0 Å². The monoisotopic (exact) mass is 290 g/mol. The molecule has 1 fully saturated rings. The minimum atomic E-state index is 0.0627. The van der Waals surface area contributed by atoms with Gasteiger partial charge in [-0.1, -0.05) is 32.0 Å². The highest BCUT2D eigenvalue weighted by molar-refractivity contribution is 5.78. The third-order valence-electron chi connectivity index (χ3n) is 4.46. The molecule has 1 saturated heterocycles. The number of carbonyl (C=O) groups excluding carboxylic acids is 1. The van der Waals surface area contributed by atoms with Crippen molar-refractivity contribution in [2.45, 2.75) is 39.8 Å². The third-order valence-corrected chi connectivity index (χ3v) is 4.46. The van der Waals surface area contributed by atoms with Crippen LogP contribution in [0.4, 0.5) is 0 Å². The molecule has 0 aliphatic carbocycles. The molecule has 1 heterocycles. The second-order valence-electron chi connectivity index (χ2n) is 6.21. The van der Waals surface area contributed by atoms with Gasteiger partial charge in [0.05, 0.1) is 0 Å². The van der Waals surface area contributed by atoms with Gasteiger partial charge in [-0.05, 0) is 31.2 Å². The largest absolute Gasteiger partial charge is 0.483 e. The van der Waals surface area contributed by atoms with Gasteiger partial charge in [0.25, 0.3) is 5.91 Å². The van der Waals surface area contributed by atoms with Gasteiger partial charge in [0, 0.05) is 24.7 Å². The van der Waals surface area contributed by atoms with Crippen LogP contribution in [0, 0.1) is 11.8 Å². The summed E-state index contributed by atoms with van der Waals surface area (Å²) in [7, 11) is 0. The van der Waals surface area contributed by atoms with Crippen LogP contribution in [0.5, 0.6) is 5.75 Å². The van der Waals surface area contributed by atoms with Crippen molar-refractivity contribution in [3.05, 3.63) is 29.8 Å². The molecule has 116 valence electrons. The molecule has 3 atom stereocenters. The fourth-order valence-electron chi connectivity index (χ4n) is 3.08. The van der Waals surface area contributed by atoms with Crippen LogP contribution in [-0.2, 0) is 11.3 Å². The Balaban J connectivity index is 1.98. The first kappa shape index (κ1) is 15.8. The predicted molar refractivity (Wildman–Crippen MR) is 83.9 cm³/mol. The number of ether oxygens (including phenoxy) is 1. The van der Waals surface area contributed by atoms with Crippen molar-refractivity contribution in [2.24, 2.45) is 17.6 Å². The Morgan fingerprint density at radius 2 is 2.05 bits per heavy atom. The highest BCUT2D eigenvalue weighted by Crippen LogP contribution is 2.27. The van der Waals surface area contributed by atoms with Crippen LogP contribution in [0.3, 0.4) is 0 Å². The van der Waals surface area contributed by atoms with Gasteiger partial charge in [0.1, 0.15) is 5.75 Å². The molecule has 0 spiro atoms. The van der Waals surface area contributed by atoms with Crippen molar-refractivity contribution in [1.29, 1.82) is 0 Å². The fraction of sp³-hybridized carbons (Fsp3) is 0.588. The molecule has 1 aliphatic heterocycles. The van der Waals surface area contributed by atoms with E-state index in [1.807, 2.05) is 29.2 Å². The first-order valence-electron chi connectivity index (χ1n) is 7.73. The molecule has 0 saturated carbocycles. The molecule has 1 aromatic rings. The van der Waals surface area contributed by atoms with E-state index < -0.39 is 0 Å². The Morgan fingerprint density at radius 3 is 2.76 bits per heavy atom. The molecule has 1 aromatic carbocycles. The second kappa shape index (κ2) is 6.94. The summed E-state index contributed by atoms with van der Waals surface area (Å²) in [5.74, 6) is 1.86. The minimum Gasteiger partial charge on any atom is -0.483 e. The number of likely N-dealkylation sites (tertiary alicyclic amines) is 1. The lowest BCUT2D eigenvalue weighted by Crippen LogP contribution is -2.50. The van der Waals surface area contributed by atoms with E-state index in [4.69, 9.17) is 10.5 Å². The quantitative estimate of drug-likeness (QED) is 0.926. The third kappa shape index (κ3) is 3.76. The molecule has 3 unspecified atom stereocenters. The molecule has 1 amide bonds. The number of hydrogen-bond donors (Lipinski definition) is 1. The summed E-state index contributed by atoms with van der Waals surface area (Å²) < 4.78 is 5.69. The average Bonchev–Trinajstić information content (AvgIpc) is 2.48. The zero-order valence-corrected chi connectivity index (χ0v) is 13.2. The van der Waals surface area contributed by atoms with Crippen LogP contribution in [0.25, 0.3) is 0 Å². The molecular weight excluding hydrogens is 264 g/mol. The highest BCUT2D eigenvalue weighted by Gasteiger charge is 2.31. The van der Waals surface area contributed by atoms with E-state index in [-0.39, 0.29) is 18.6 Å². The van der Waals surface area contributed by atoms with Gasteiger partial charge in [-0.2, -0.15) is 0 Å². The molecule has 2 N–H and O–H groups in total. The fourth-order valence-corrected chi connectivity index (χ4v) is 3.08. The van der Waals surface area contributed by atoms with Gasteiger partial charge in [-0.15, -0.1) is 0 Å². The van der Waals surface area contributed by atoms with Crippen molar-refractivity contribution < 1.29 is 9.53 Å². The van der Waals surface area contributed by atoms with Crippen LogP contribution in [0.1, 0.15) is 32.8 Å².